The third kappa shape index (κ3) is 3.02. The Hall–Kier alpha value is -0.580. The van der Waals surface area contributed by atoms with Gasteiger partial charge in [0.05, 0.1) is 17.6 Å². The lowest BCUT2D eigenvalue weighted by Crippen LogP contribution is -2.23. The molecule has 1 unspecified atom stereocenters. The van der Waals surface area contributed by atoms with Crippen molar-refractivity contribution in [1.82, 2.24) is 9.55 Å². The molecule has 0 N–H and O–H groups in total. The van der Waals surface area contributed by atoms with Crippen LogP contribution in [0.3, 0.4) is 0 Å². The standard InChI is InChI=1S/C15H18BrClN2O/c16-12-3-4-14-13(8-12)18-15(5-6-17)19(14)9-11-2-1-7-20-10-11/h3-4,8,11H,1-2,5-7,9-10H2. The molecule has 1 saturated heterocycles. The first-order valence-corrected chi connectivity index (χ1v) is 8.39. The van der Waals surface area contributed by atoms with E-state index in [1.807, 2.05) is 0 Å². The first-order chi connectivity index (χ1) is 9.78. The Morgan fingerprint density at radius 1 is 1.45 bits per heavy atom. The highest BCUT2D eigenvalue weighted by Gasteiger charge is 2.18. The van der Waals surface area contributed by atoms with Crippen LogP contribution in [0.25, 0.3) is 11.0 Å². The van der Waals surface area contributed by atoms with Gasteiger partial charge in [0, 0.05) is 35.8 Å². The number of aryl methyl sites for hydroxylation is 1. The zero-order valence-electron chi connectivity index (χ0n) is 11.3. The molecule has 0 spiro atoms. The van der Waals surface area contributed by atoms with E-state index in [2.05, 4.69) is 38.7 Å². The number of halogens is 2. The van der Waals surface area contributed by atoms with Gasteiger partial charge < -0.3 is 9.30 Å². The molecule has 3 nitrogen and oxygen atoms in total. The molecule has 0 bridgehead atoms. The second-order valence-corrected chi connectivity index (χ2v) is 6.59. The number of hydrogen-bond acceptors (Lipinski definition) is 2. The summed E-state index contributed by atoms with van der Waals surface area (Å²) in [6.45, 7) is 2.74. The Morgan fingerprint density at radius 3 is 3.10 bits per heavy atom. The quantitative estimate of drug-likeness (QED) is 0.773. The van der Waals surface area contributed by atoms with Gasteiger partial charge in [0.15, 0.2) is 0 Å². The Bertz CT molecular complexity index is 593. The molecule has 0 radical (unpaired) electrons. The van der Waals surface area contributed by atoms with Crippen molar-refractivity contribution in [2.75, 3.05) is 19.1 Å². The smallest absolute Gasteiger partial charge is 0.111 e. The lowest BCUT2D eigenvalue weighted by Gasteiger charge is -2.23. The number of nitrogens with zero attached hydrogens (tertiary/aromatic N) is 2. The number of ether oxygens (including phenoxy) is 1. The molecule has 2 aromatic rings. The van der Waals surface area contributed by atoms with E-state index in [4.69, 9.17) is 21.3 Å². The normalized spacial score (nSPS) is 19.6. The van der Waals surface area contributed by atoms with Gasteiger partial charge in [-0.3, -0.25) is 0 Å². The maximum atomic E-state index is 5.92. The summed E-state index contributed by atoms with van der Waals surface area (Å²) in [6, 6.07) is 6.27. The highest BCUT2D eigenvalue weighted by molar-refractivity contribution is 9.10. The van der Waals surface area contributed by atoms with Gasteiger partial charge in [-0.15, -0.1) is 11.6 Å². The Kier molecular flexibility index (Phi) is 4.64. The minimum Gasteiger partial charge on any atom is -0.381 e. The number of alkyl halides is 1. The van der Waals surface area contributed by atoms with E-state index >= 15 is 0 Å². The minimum absolute atomic E-state index is 0.582. The van der Waals surface area contributed by atoms with Crippen LogP contribution >= 0.6 is 27.5 Å². The fourth-order valence-corrected chi connectivity index (χ4v) is 3.36. The number of rotatable bonds is 4. The molecule has 0 aliphatic carbocycles. The van der Waals surface area contributed by atoms with E-state index in [1.54, 1.807) is 0 Å². The van der Waals surface area contributed by atoms with Crippen molar-refractivity contribution in [2.24, 2.45) is 5.92 Å². The van der Waals surface area contributed by atoms with Gasteiger partial charge in [-0.05, 0) is 31.0 Å². The van der Waals surface area contributed by atoms with Gasteiger partial charge in [-0.25, -0.2) is 4.98 Å². The van der Waals surface area contributed by atoms with Crippen LogP contribution in [-0.4, -0.2) is 28.6 Å². The maximum absolute atomic E-state index is 5.92. The van der Waals surface area contributed by atoms with E-state index in [0.29, 0.717) is 11.8 Å². The lowest BCUT2D eigenvalue weighted by atomic mass is 10.0. The van der Waals surface area contributed by atoms with Gasteiger partial charge in [-0.2, -0.15) is 0 Å². The minimum atomic E-state index is 0.582. The van der Waals surface area contributed by atoms with Gasteiger partial charge in [-0.1, -0.05) is 15.9 Å². The third-order valence-corrected chi connectivity index (χ3v) is 4.49. The van der Waals surface area contributed by atoms with Crippen LogP contribution in [0.4, 0.5) is 0 Å². The zero-order chi connectivity index (χ0) is 13.9. The third-order valence-electron chi connectivity index (χ3n) is 3.80. The average molecular weight is 358 g/mol. The molecule has 1 fully saturated rings. The van der Waals surface area contributed by atoms with E-state index in [-0.39, 0.29) is 0 Å². The molecular weight excluding hydrogens is 340 g/mol. The van der Waals surface area contributed by atoms with Crippen molar-refractivity contribution >= 4 is 38.6 Å². The van der Waals surface area contributed by atoms with Gasteiger partial charge >= 0.3 is 0 Å². The topological polar surface area (TPSA) is 27.1 Å². The molecule has 1 aliphatic heterocycles. The van der Waals surface area contributed by atoms with Gasteiger partial charge in [0.25, 0.3) is 0 Å². The van der Waals surface area contributed by atoms with Crippen LogP contribution < -0.4 is 0 Å². The number of imidazole rings is 1. The number of aromatic nitrogens is 2. The molecule has 3 rings (SSSR count). The Labute approximate surface area is 132 Å². The molecule has 0 saturated carbocycles. The number of benzene rings is 1. The van der Waals surface area contributed by atoms with Crippen molar-refractivity contribution in [3.8, 4) is 0 Å². The predicted octanol–water partition coefficient (Wildman–Crippen LogP) is 4.01. The Balaban J connectivity index is 1.95. The highest BCUT2D eigenvalue weighted by Crippen LogP contribution is 2.24. The van der Waals surface area contributed by atoms with E-state index in [9.17, 15) is 0 Å². The summed E-state index contributed by atoms with van der Waals surface area (Å²) >= 11 is 9.43. The molecular formula is C15H18BrClN2O. The highest BCUT2D eigenvalue weighted by atomic mass is 79.9. The lowest BCUT2D eigenvalue weighted by molar-refractivity contribution is 0.0485. The van der Waals surface area contributed by atoms with Crippen LogP contribution in [0.5, 0.6) is 0 Å². The molecule has 2 heterocycles. The summed E-state index contributed by atoms with van der Waals surface area (Å²) in [5, 5.41) is 0. The van der Waals surface area contributed by atoms with E-state index in [0.717, 1.165) is 48.4 Å². The van der Waals surface area contributed by atoms with Crippen LogP contribution in [0.15, 0.2) is 22.7 Å². The monoisotopic (exact) mass is 356 g/mol. The van der Waals surface area contributed by atoms with Crippen molar-refractivity contribution in [3.05, 3.63) is 28.5 Å². The average Bonchev–Trinajstić information content (AvgIpc) is 2.77. The first kappa shape index (κ1) is 14.4. The summed E-state index contributed by atoms with van der Waals surface area (Å²) in [5.74, 6) is 2.27. The summed E-state index contributed by atoms with van der Waals surface area (Å²) < 4.78 is 8.98. The molecule has 20 heavy (non-hydrogen) atoms. The Morgan fingerprint density at radius 2 is 2.35 bits per heavy atom. The second kappa shape index (κ2) is 6.46. The van der Waals surface area contributed by atoms with Crippen molar-refractivity contribution in [1.29, 1.82) is 0 Å². The zero-order valence-corrected chi connectivity index (χ0v) is 13.7. The molecule has 0 amide bonds. The second-order valence-electron chi connectivity index (χ2n) is 5.29. The molecule has 5 heteroatoms. The molecule has 1 aliphatic rings. The fraction of sp³-hybridized carbons (Fsp3) is 0.533. The molecule has 1 atom stereocenters. The molecule has 108 valence electrons. The van der Waals surface area contributed by atoms with Crippen LogP contribution in [0, 0.1) is 5.92 Å². The van der Waals surface area contributed by atoms with Crippen molar-refractivity contribution < 1.29 is 4.74 Å². The van der Waals surface area contributed by atoms with E-state index in [1.165, 1.54) is 11.9 Å². The summed E-state index contributed by atoms with van der Waals surface area (Å²) in [5.41, 5.74) is 2.23. The number of fused-ring (bicyclic) bond motifs is 1. The van der Waals surface area contributed by atoms with Crippen LogP contribution in [0.1, 0.15) is 18.7 Å². The fourth-order valence-electron chi connectivity index (χ4n) is 2.84. The van der Waals surface area contributed by atoms with Gasteiger partial charge in [0.2, 0.25) is 0 Å². The SMILES string of the molecule is ClCCc1nc2cc(Br)ccc2n1CC1CCCOC1. The number of hydrogen-bond donors (Lipinski definition) is 0. The summed E-state index contributed by atoms with van der Waals surface area (Å²) in [7, 11) is 0. The van der Waals surface area contributed by atoms with Gasteiger partial charge in [0.1, 0.15) is 5.82 Å². The van der Waals surface area contributed by atoms with E-state index < -0.39 is 0 Å². The van der Waals surface area contributed by atoms with Crippen LogP contribution in [-0.2, 0) is 17.7 Å². The first-order valence-electron chi connectivity index (χ1n) is 7.06. The largest absolute Gasteiger partial charge is 0.381 e. The van der Waals surface area contributed by atoms with Crippen molar-refractivity contribution in [3.63, 3.8) is 0 Å². The molecule has 1 aromatic carbocycles. The summed E-state index contributed by atoms with van der Waals surface area (Å²) in [6.07, 6.45) is 3.20. The molecule has 1 aromatic heterocycles. The predicted molar refractivity (Wildman–Crippen MR) is 85.4 cm³/mol. The van der Waals surface area contributed by atoms with Crippen LogP contribution in [0.2, 0.25) is 0 Å². The summed E-state index contributed by atoms with van der Waals surface area (Å²) in [4.78, 5) is 4.74. The van der Waals surface area contributed by atoms with Crippen molar-refractivity contribution in [2.45, 2.75) is 25.8 Å². The maximum Gasteiger partial charge on any atom is 0.111 e.